The maximum absolute atomic E-state index is 12.9. The highest BCUT2D eigenvalue weighted by Crippen LogP contribution is 2.37. The standard InChI is InChI=1S/C27H30N2O5/c30-24(19-34-25(31)18-29-26(32)22-13-7-8-14-23(22)27(29)33)28(17-21-11-5-2-6-12-21)16-15-20-9-3-1-4-10-20/h1-6,9-12,22-23H,7-8,13-19H2/t22-,23-/m1/s1. The fraction of sp³-hybridized carbons (Fsp3) is 0.407. The molecule has 1 saturated heterocycles. The van der Waals surface area contributed by atoms with E-state index in [1.165, 1.54) is 0 Å². The van der Waals surface area contributed by atoms with Crippen LogP contribution in [0.5, 0.6) is 0 Å². The van der Waals surface area contributed by atoms with Gasteiger partial charge < -0.3 is 9.64 Å². The second-order valence-electron chi connectivity index (χ2n) is 8.96. The van der Waals surface area contributed by atoms with Crippen molar-refractivity contribution in [3.05, 3.63) is 71.8 Å². The smallest absolute Gasteiger partial charge is 0.326 e. The largest absolute Gasteiger partial charge is 0.454 e. The highest BCUT2D eigenvalue weighted by atomic mass is 16.5. The third kappa shape index (κ3) is 5.71. The third-order valence-corrected chi connectivity index (χ3v) is 6.66. The Kier molecular flexibility index (Phi) is 7.72. The molecule has 2 fully saturated rings. The Hall–Kier alpha value is -3.48. The van der Waals surface area contributed by atoms with Crippen molar-refractivity contribution in [1.29, 1.82) is 0 Å². The van der Waals surface area contributed by atoms with Crippen molar-refractivity contribution < 1.29 is 23.9 Å². The molecule has 7 heteroatoms. The normalized spacial score (nSPS) is 19.6. The van der Waals surface area contributed by atoms with E-state index in [4.69, 9.17) is 4.74 Å². The van der Waals surface area contributed by atoms with E-state index in [1.807, 2.05) is 60.7 Å². The highest BCUT2D eigenvalue weighted by Gasteiger charge is 2.48. The van der Waals surface area contributed by atoms with Crippen LogP contribution in [0.25, 0.3) is 0 Å². The van der Waals surface area contributed by atoms with Crippen LogP contribution < -0.4 is 0 Å². The zero-order valence-electron chi connectivity index (χ0n) is 19.2. The molecule has 0 radical (unpaired) electrons. The van der Waals surface area contributed by atoms with Crippen molar-refractivity contribution in [3.8, 4) is 0 Å². The molecule has 4 rings (SSSR count). The summed E-state index contributed by atoms with van der Waals surface area (Å²) in [6, 6.07) is 19.5. The van der Waals surface area contributed by atoms with E-state index >= 15 is 0 Å². The molecule has 0 N–H and O–H groups in total. The summed E-state index contributed by atoms with van der Waals surface area (Å²) in [7, 11) is 0. The minimum absolute atomic E-state index is 0.286. The number of nitrogens with zero attached hydrogens (tertiary/aromatic N) is 2. The van der Waals surface area contributed by atoms with Crippen LogP contribution in [-0.4, -0.2) is 53.2 Å². The van der Waals surface area contributed by atoms with Gasteiger partial charge in [0.1, 0.15) is 6.54 Å². The topological polar surface area (TPSA) is 84.0 Å². The molecule has 0 spiro atoms. The number of imide groups is 1. The molecule has 2 atom stereocenters. The van der Waals surface area contributed by atoms with E-state index in [1.54, 1.807) is 4.90 Å². The predicted octanol–water partition coefficient (Wildman–Crippen LogP) is 2.98. The summed E-state index contributed by atoms with van der Waals surface area (Å²) in [6.07, 6.45) is 3.90. The summed E-state index contributed by atoms with van der Waals surface area (Å²) < 4.78 is 5.21. The monoisotopic (exact) mass is 462 g/mol. The molecule has 1 heterocycles. The second kappa shape index (κ2) is 11.1. The number of esters is 1. The fourth-order valence-electron chi connectivity index (χ4n) is 4.80. The Balaban J connectivity index is 1.33. The molecule has 7 nitrogen and oxygen atoms in total. The number of ether oxygens (including phenoxy) is 1. The Morgan fingerprint density at radius 1 is 0.853 bits per heavy atom. The minimum atomic E-state index is -0.739. The number of hydrogen-bond donors (Lipinski definition) is 0. The predicted molar refractivity (Wildman–Crippen MR) is 125 cm³/mol. The van der Waals surface area contributed by atoms with E-state index in [-0.39, 0.29) is 29.6 Å². The molecule has 0 unspecified atom stereocenters. The fourth-order valence-corrected chi connectivity index (χ4v) is 4.80. The van der Waals surface area contributed by atoms with Gasteiger partial charge in [-0.2, -0.15) is 0 Å². The molecule has 34 heavy (non-hydrogen) atoms. The first kappa shape index (κ1) is 23.7. The lowest BCUT2D eigenvalue weighted by molar-refractivity contribution is -0.156. The number of benzene rings is 2. The molecule has 178 valence electrons. The summed E-state index contributed by atoms with van der Waals surface area (Å²) in [5.74, 6) is -2.25. The molecule has 1 aliphatic carbocycles. The van der Waals surface area contributed by atoms with Crippen molar-refractivity contribution in [2.45, 2.75) is 38.6 Å². The van der Waals surface area contributed by atoms with Crippen LogP contribution in [-0.2, 0) is 36.9 Å². The van der Waals surface area contributed by atoms with Gasteiger partial charge in [0.25, 0.3) is 5.91 Å². The van der Waals surface area contributed by atoms with E-state index in [9.17, 15) is 19.2 Å². The number of carbonyl (C=O) groups is 4. The Morgan fingerprint density at radius 3 is 2.00 bits per heavy atom. The molecule has 1 aliphatic heterocycles. The van der Waals surface area contributed by atoms with Gasteiger partial charge >= 0.3 is 5.97 Å². The molecular formula is C27H30N2O5. The minimum Gasteiger partial charge on any atom is -0.454 e. The van der Waals surface area contributed by atoms with Gasteiger partial charge in [-0.05, 0) is 30.4 Å². The summed E-state index contributed by atoms with van der Waals surface area (Å²) in [5, 5.41) is 0. The number of fused-ring (bicyclic) bond motifs is 1. The highest BCUT2D eigenvalue weighted by molar-refractivity contribution is 6.07. The molecule has 3 amide bonds. The van der Waals surface area contributed by atoms with Gasteiger partial charge in [0.05, 0.1) is 11.8 Å². The first-order chi connectivity index (χ1) is 16.5. The Bertz CT molecular complexity index is 1000. The SMILES string of the molecule is O=C(CN1C(=O)[C@@H]2CCCC[C@H]2C1=O)OCC(=O)N(CCc1ccccc1)Cc1ccccc1. The van der Waals surface area contributed by atoms with Gasteiger partial charge in [-0.3, -0.25) is 24.1 Å². The number of hydrogen-bond acceptors (Lipinski definition) is 5. The van der Waals surface area contributed by atoms with Crippen LogP contribution >= 0.6 is 0 Å². The maximum atomic E-state index is 12.9. The summed E-state index contributed by atoms with van der Waals surface area (Å²) >= 11 is 0. The van der Waals surface area contributed by atoms with Crippen molar-refractivity contribution in [1.82, 2.24) is 9.80 Å². The van der Waals surface area contributed by atoms with Crippen LogP contribution in [0.15, 0.2) is 60.7 Å². The number of carbonyl (C=O) groups excluding carboxylic acids is 4. The molecule has 2 aromatic rings. The van der Waals surface area contributed by atoms with Gasteiger partial charge in [-0.1, -0.05) is 73.5 Å². The van der Waals surface area contributed by atoms with E-state index < -0.39 is 19.1 Å². The lowest BCUT2D eigenvalue weighted by atomic mass is 9.81. The second-order valence-corrected chi connectivity index (χ2v) is 8.96. The molecular weight excluding hydrogens is 432 g/mol. The Morgan fingerprint density at radius 2 is 1.41 bits per heavy atom. The first-order valence-electron chi connectivity index (χ1n) is 11.9. The molecule has 2 aliphatic rings. The molecule has 0 bridgehead atoms. The van der Waals surface area contributed by atoms with Gasteiger partial charge in [0.15, 0.2) is 6.61 Å². The quantitative estimate of drug-likeness (QED) is 0.423. The number of amides is 3. The zero-order valence-corrected chi connectivity index (χ0v) is 19.2. The van der Waals surface area contributed by atoms with Gasteiger partial charge in [0, 0.05) is 13.1 Å². The van der Waals surface area contributed by atoms with Crippen LogP contribution in [0.4, 0.5) is 0 Å². The molecule has 0 aromatic heterocycles. The summed E-state index contributed by atoms with van der Waals surface area (Å²) in [4.78, 5) is 53.2. The van der Waals surface area contributed by atoms with Crippen molar-refractivity contribution >= 4 is 23.7 Å². The maximum Gasteiger partial charge on any atom is 0.326 e. The molecule has 2 aromatic carbocycles. The van der Waals surface area contributed by atoms with E-state index in [0.29, 0.717) is 32.4 Å². The summed E-state index contributed by atoms with van der Waals surface area (Å²) in [5.41, 5.74) is 2.09. The third-order valence-electron chi connectivity index (χ3n) is 6.66. The van der Waals surface area contributed by atoms with Crippen LogP contribution in [0.1, 0.15) is 36.8 Å². The van der Waals surface area contributed by atoms with Crippen LogP contribution in [0.3, 0.4) is 0 Å². The Labute approximate surface area is 199 Å². The van der Waals surface area contributed by atoms with Crippen molar-refractivity contribution in [2.24, 2.45) is 11.8 Å². The van der Waals surface area contributed by atoms with Crippen LogP contribution in [0, 0.1) is 11.8 Å². The van der Waals surface area contributed by atoms with Crippen LogP contribution in [0.2, 0.25) is 0 Å². The van der Waals surface area contributed by atoms with Crippen molar-refractivity contribution in [3.63, 3.8) is 0 Å². The number of likely N-dealkylation sites (tertiary alicyclic amines) is 1. The lowest BCUT2D eigenvalue weighted by Gasteiger charge is -2.23. The van der Waals surface area contributed by atoms with Crippen molar-refractivity contribution in [2.75, 3.05) is 19.7 Å². The van der Waals surface area contributed by atoms with E-state index in [2.05, 4.69) is 0 Å². The zero-order chi connectivity index (χ0) is 23.9. The lowest BCUT2D eigenvalue weighted by Crippen LogP contribution is -2.39. The van der Waals surface area contributed by atoms with Gasteiger partial charge in [-0.25, -0.2) is 0 Å². The number of rotatable bonds is 9. The average Bonchev–Trinajstić information content (AvgIpc) is 3.11. The molecule has 1 saturated carbocycles. The van der Waals surface area contributed by atoms with Gasteiger partial charge in [0.2, 0.25) is 11.8 Å². The average molecular weight is 463 g/mol. The van der Waals surface area contributed by atoms with Gasteiger partial charge in [-0.15, -0.1) is 0 Å². The van der Waals surface area contributed by atoms with E-state index in [0.717, 1.165) is 28.9 Å². The summed E-state index contributed by atoms with van der Waals surface area (Å²) in [6.45, 7) is 0.0163. The first-order valence-corrected chi connectivity index (χ1v) is 11.9.